The molecule has 66 heavy (non-hydrogen) atoms. The van der Waals surface area contributed by atoms with E-state index in [1.807, 2.05) is 0 Å². The standard InChI is InChI=1S/C60H54BN5/c1-58(2,3)39-28-30-44(31-29-39)64-52-38-54-53(66-51-27-19-18-26-50(51)62-57(66)65(54)43-24-16-11-17-25-43)37-49(52)61-48-33-32-45(63(41-20-12-9-13-21-41)42-22-14-10-15-23-42)36-46(48)60(7,8)47-34-40(59(4,5)6)35-55(64)56(47)61/h9-38H,1-8H3. The Labute approximate surface area is 388 Å². The highest BCUT2D eigenvalue weighted by atomic mass is 15.2. The lowest BCUT2D eigenvalue weighted by molar-refractivity contribution is 0.583. The number of anilines is 6. The van der Waals surface area contributed by atoms with Gasteiger partial charge in [0.2, 0.25) is 12.5 Å². The first-order valence-electron chi connectivity index (χ1n) is 23.4. The molecular formula is C60H54BN5. The Balaban J connectivity index is 1.20. The van der Waals surface area contributed by atoms with Gasteiger partial charge in [0.1, 0.15) is 0 Å². The highest BCUT2D eigenvalue weighted by Gasteiger charge is 2.47. The quantitative estimate of drug-likeness (QED) is 0.162. The lowest BCUT2D eigenvalue weighted by Crippen LogP contribution is -2.64. The zero-order valence-electron chi connectivity index (χ0n) is 39.1. The van der Waals surface area contributed by atoms with Crippen molar-refractivity contribution in [1.29, 1.82) is 0 Å². The van der Waals surface area contributed by atoms with Crippen LogP contribution < -0.4 is 26.2 Å². The number of fused-ring (bicyclic) bond motifs is 9. The summed E-state index contributed by atoms with van der Waals surface area (Å²) < 4.78 is 4.74. The number of aromatic nitrogens is 3. The molecule has 2 aromatic heterocycles. The summed E-state index contributed by atoms with van der Waals surface area (Å²) in [6, 6.07) is 67.5. The van der Waals surface area contributed by atoms with Gasteiger partial charge >= 0.3 is 0 Å². The van der Waals surface area contributed by atoms with Crippen molar-refractivity contribution in [2.45, 2.75) is 71.6 Å². The summed E-state index contributed by atoms with van der Waals surface area (Å²) in [6.45, 7) is 18.8. The molecule has 0 unspecified atom stereocenters. The number of hydrogen-bond donors (Lipinski definition) is 0. The number of para-hydroxylation sites is 5. The maximum absolute atomic E-state index is 5.35. The third-order valence-corrected chi connectivity index (χ3v) is 14.4. The van der Waals surface area contributed by atoms with E-state index in [-0.39, 0.29) is 23.0 Å². The van der Waals surface area contributed by atoms with Crippen LogP contribution in [0, 0.1) is 0 Å². The van der Waals surface area contributed by atoms with Gasteiger partial charge < -0.3 is 9.80 Å². The number of benzene rings is 8. The Morgan fingerprint density at radius 3 is 1.76 bits per heavy atom. The highest BCUT2D eigenvalue weighted by molar-refractivity contribution is 6.99. The van der Waals surface area contributed by atoms with Gasteiger partial charge in [-0.2, -0.15) is 0 Å². The van der Waals surface area contributed by atoms with Crippen LogP contribution in [-0.2, 0) is 16.2 Å². The van der Waals surface area contributed by atoms with Crippen LogP contribution >= 0.6 is 0 Å². The van der Waals surface area contributed by atoms with E-state index in [9.17, 15) is 0 Å². The van der Waals surface area contributed by atoms with Gasteiger partial charge in [-0.15, -0.1) is 0 Å². The van der Waals surface area contributed by atoms with Crippen LogP contribution in [0.4, 0.5) is 34.1 Å². The van der Waals surface area contributed by atoms with Crippen LogP contribution in [0.15, 0.2) is 182 Å². The van der Waals surface area contributed by atoms with Crippen LogP contribution in [0.2, 0.25) is 0 Å². The van der Waals surface area contributed by atoms with Gasteiger partial charge in [-0.25, -0.2) is 4.98 Å². The third-order valence-electron chi connectivity index (χ3n) is 14.4. The first-order valence-corrected chi connectivity index (χ1v) is 23.4. The minimum Gasteiger partial charge on any atom is -0.311 e. The topological polar surface area (TPSA) is 28.7 Å². The van der Waals surface area contributed by atoms with E-state index in [0.29, 0.717) is 0 Å². The van der Waals surface area contributed by atoms with Crippen LogP contribution in [0.1, 0.15) is 77.6 Å². The summed E-state index contributed by atoms with van der Waals surface area (Å²) in [5.41, 5.74) is 21.4. The first-order chi connectivity index (χ1) is 31.8. The second-order valence-electron chi connectivity index (χ2n) is 21.0. The smallest absolute Gasteiger partial charge is 0.247 e. The molecule has 0 saturated carbocycles. The van der Waals surface area contributed by atoms with Gasteiger partial charge in [0, 0.05) is 45.2 Å². The van der Waals surface area contributed by atoms with Gasteiger partial charge in [-0.1, -0.05) is 152 Å². The highest BCUT2D eigenvalue weighted by Crippen LogP contribution is 2.47. The Kier molecular flexibility index (Phi) is 8.74. The maximum Gasteiger partial charge on any atom is 0.247 e. The predicted molar refractivity (Wildman–Crippen MR) is 280 cm³/mol. The monoisotopic (exact) mass is 855 g/mol. The summed E-state index contributed by atoms with van der Waals surface area (Å²) in [4.78, 5) is 10.3. The molecule has 0 radical (unpaired) electrons. The third kappa shape index (κ3) is 6.04. The minimum absolute atomic E-state index is 0.0260. The molecule has 12 rings (SSSR count). The van der Waals surface area contributed by atoms with Crippen molar-refractivity contribution in [3.05, 3.63) is 204 Å². The van der Waals surface area contributed by atoms with Gasteiger partial charge in [0.25, 0.3) is 0 Å². The molecule has 0 bridgehead atoms. The zero-order chi connectivity index (χ0) is 45.3. The molecule has 322 valence electrons. The van der Waals surface area contributed by atoms with Crippen LogP contribution in [0.5, 0.6) is 0 Å². The largest absolute Gasteiger partial charge is 0.311 e. The summed E-state index contributed by atoms with van der Waals surface area (Å²) in [7, 11) is 0. The lowest BCUT2D eigenvalue weighted by Gasteiger charge is -2.46. The Bertz CT molecular complexity index is 3480. The molecule has 2 aliphatic heterocycles. The second kappa shape index (κ2) is 14.3. The SMILES string of the molecule is CC(C)(C)c1ccc(N2c3cc4c(cc3B3c5ccc(N(c6ccccc6)c6ccccc6)cc5C(C)(C)c5cc(C(C)(C)C)cc2c53)n2c3ccccc3nc2n4-c2ccccc2)cc1. The zero-order valence-corrected chi connectivity index (χ0v) is 39.1. The van der Waals surface area contributed by atoms with Crippen molar-refractivity contribution in [3.63, 3.8) is 0 Å². The molecule has 2 aliphatic rings. The van der Waals surface area contributed by atoms with E-state index < -0.39 is 0 Å². The summed E-state index contributed by atoms with van der Waals surface area (Å²) in [6.07, 6.45) is 0. The maximum atomic E-state index is 5.35. The molecule has 10 aromatic rings. The second-order valence-corrected chi connectivity index (χ2v) is 21.0. The van der Waals surface area contributed by atoms with E-state index in [1.165, 1.54) is 50.0 Å². The number of imidazole rings is 2. The van der Waals surface area contributed by atoms with Gasteiger partial charge in [0.15, 0.2) is 0 Å². The Hall–Kier alpha value is -7.31. The molecule has 0 amide bonds. The van der Waals surface area contributed by atoms with Crippen LogP contribution in [0.3, 0.4) is 0 Å². The number of hydrogen-bond acceptors (Lipinski definition) is 3. The van der Waals surface area contributed by atoms with E-state index in [4.69, 9.17) is 4.98 Å². The molecule has 0 atom stereocenters. The average molecular weight is 856 g/mol. The van der Waals surface area contributed by atoms with Crippen molar-refractivity contribution < 1.29 is 0 Å². The van der Waals surface area contributed by atoms with Gasteiger partial charge in [-0.3, -0.25) is 8.97 Å². The molecule has 0 N–H and O–H groups in total. The summed E-state index contributed by atoms with van der Waals surface area (Å²) in [5, 5.41) is 0. The van der Waals surface area contributed by atoms with Crippen molar-refractivity contribution >= 4 is 85.1 Å². The van der Waals surface area contributed by atoms with Crippen molar-refractivity contribution in [2.75, 3.05) is 9.80 Å². The average Bonchev–Trinajstić information content (AvgIpc) is 3.84. The van der Waals surface area contributed by atoms with Crippen molar-refractivity contribution in [3.8, 4) is 5.69 Å². The fraction of sp³-hybridized carbons (Fsp3) is 0.183. The van der Waals surface area contributed by atoms with E-state index >= 15 is 0 Å². The number of rotatable bonds is 5. The molecule has 0 aliphatic carbocycles. The van der Waals surface area contributed by atoms with E-state index in [2.05, 4.69) is 256 Å². The van der Waals surface area contributed by atoms with Crippen LogP contribution in [-0.4, -0.2) is 20.7 Å². The summed E-state index contributed by atoms with van der Waals surface area (Å²) in [5.74, 6) is 0.908. The fourth-order valence-corrected chi connectivity index (χ4v) is 11.0. The molecular weight excluding hydrogens is 802 g/mol. The molecule has 5 nitrogen and oxygen atoms in total. The van der Waals surface area contributed by atoms with Crippen molar-refractivity contribution in [1.82, 2.24) is 14.0 Å². The minimum atomic E-state index is -0.333. The van der Waals surface area contributed by atoms with Gasteiger partial charge in [0.05, 0.1) is 22.1 Å². The van der Waals surface area contributed by atoms with E-state index in [1.54, 1.807) is 0 Å². The normalized spacial score (nSPS) is 14.1. The molecule has 4 heterocycles. The Morgan fingerprint density at radius 2 is 1.11 bits per heavy atom. The van der Waals surface area contributed by atoms with Crippen molar-refractivity contribution in [2.24, 2.45) is 0 Å². The van der Waals surface area contributed by atoms with E-state index in [0.717, 1.165) is 56.3 Å². The summed E-state index contributed by atoms with van der Waals surface area (Å²) >= 11 is 0. The lowest BCUT2D eigenvalue weighted by atomic mass is 9.30. The molecule has 0 spiro atoms. The Morgan fingerprint density at radius 1 is 0.485 bits per heavy atom. The fourth-order valence-electron chi connectivity index (χ4n) is 11.0. The number of nitrogens with zero attached hydrogens (tertiary/aromatic N) is 5. The molecule has 8 aromatic carbocycles. The van der Waals surface area contributed by atoms with Crippen LogP contribution in [0.25, 0.3) is 33.5 Å². The first kappa shape index (κ1) is 40.2. The predicted octanol–water partition coefficient (Wildman–Crippen LogP) is 13.4. The van der Waals surface area contributed by atoms with Gasteiger partial charge in [-0.05, 0) is 135 Å². The molecule has 6 heteroatoms. The molecule has 0 fully saturated rings. The molecule has 0 saturated heterocycles.